The molecule has 1 heterocycles. The molecule has 1 aromatic rings. The van der Waals surface area contributed by atoms with Crippen LogP contribution in [0.5, 0.6) is 0 Å². The molecule has 4 heteroatoms. The van der Waals surface area contributed by atoms with Crippen LogP contribution in [-0.2, 0) is 0 Å². The summed E-state index contributed by atoms with van der Waals surface area (Å²) in [5.74, 6) is 0.768. The normalized spacial score (nSPS) is 12.8. The van der Waals surface area contributed by atoms with Crippen LogP contribution in [0.15, 0.2) is 6.33 Å². The summed E-state index contributed by atoms with van der Waals surface area (Å²) in [4.78, 5) is 2.93. The van der Waals surface area contributed by atoms with Crippen molar-refractivity contribution in [3.63, 3.8) is 0 Å². The molecular formula is C9H18N4. The van der Waals surface area contributed by atoms with Gasteiger partial charge in [0.15, 0.2) is 0 Å². The fraction of sp³-hybridized carbons (Fsp3) is 0.778. The predicted molar refractivity (Wildman–Crippen MR) is 53.6 cm³/mol. The molecule has 0 aliphatic rings. The summed E-state index contributed by atoms with van der Waals surface area (Å²) in [6.07, 6.45) is 6.63. The standard InChI is InChI=1S/C9H18N4/c1-3-4-5-6-8(2)12-9-10-7-11-13-9/h7-8H,3-6H2,1-2H3,(H2,10,11,12,13). The van der Waals surface area contributed by atoms with Crippen molar-refractivity contribution in [1.82, 2.24) is 15.2 Å². The lowest BCUT2D eigenvalue weighted by Gasteiger charge is -2.11. The van der Waals surface area contributed by atoms with Crippen molar-refractivity contribution in [1.29, 1.82) is 0 Å². The van der Waals surface area contributed by atoms with Crippen molar-refractivity contribution in [3.8, 4) is 0 Å². The maximum Gasteiger partial charge on any atom is 0.221 e. The van der Waals surface area contributed by atoms with Gasteiger partial charge in [-0.3, -0.25) is 0 Å². The molecule has 0 amide bonds. The van der Waals surface area contributed by atoms with E-state index in [0.717, 1.165) is 5.95 Å². The van der Waals surface area contributed by atoms with Gasteiger partial charge in [0, 0.05) is 6.04 Å². The molecule has 74 valence electrons. The van der Waals surface area contributed by atoms with E-state index in [2.05, 4.69) is 34.3 Å². The highest BCUT2D eigenvalue weighted by Crippen LogP contribution is 2.06. The minimum atomic E-state index is 0.472. The number of nitrogens with zero attached hydrogens (tertiary/aromatic N) is 2. The summed E-state index contributed by atoms with van der Waals surface area (Å²) in [6.45, 7) is 4.38. The number of hydrogen-bond acceptors (Lipinski definition) is 3. The molecule has 0 saturated carbocycles. The fourth-order valence-electron chi connectivity index (χ4n) is 1.28. The number of anilines is 1. The van der Waals surface area contributed by atoms with E-state index in [0.29, 0.717) is 6.04 Å². The van der Waals surface area contributed by atoms with Gasteiger partial charge in [0.05, 0.1) is 0 Å². The highest BCUT2D eigenvalue weighted by molar-refractivity contribution is 5.21. The van der Waals surface area contributed by atoms with Crippen molar-refractivity contribution in [2.75, 3.05) is 5.32 Å². The molecule has 0 aromatic carbocycles. The fourth-order valence-corrected chi connectivity index (χ4v) is 1.28. The predicted octanol–water partition coefficient (Wildman–Crippen LogP) is 2.19. The smallest absolute Gasteiger partial charge is 0.221 e. The van der Waals surface area contributed by atoms with E-state index in [1.165, 1.54) is 25.7 Å². The Hall–Kier alpha value is -1.06. The highest BCUT2D eigenvalue weighted by Gasteiger charge is 2.02. The van der Waals surface area contributed by atoms with Gasteiger partial charge in [-0.05, 0) is 13.3 Å². The minimum absolute atomic E-state index is 0.472. The molecule has 1 aromatic heterocycles. The lowest BCUT2D eigenvalue weighted by atomic mass is 10.1. The SMILES string of the molecule is CCCCCC(C)Nc1nnc[nH]1. The van der Waals surface area contributed by atoms with Gasteiger partial charge in [0.1, 0.15) is 6.33 Å². The van der Waals surface area contributed by atoms with Gasteiger partial charge < -0.3 is 10.3 Å². The van der Waals surface area contributed by atoms with Crippen LogP contribution in [0.2, 0.25) is 0 Å². The molecule has 0 aliphatic heterocycles. The number of H-pyrrole nitrogens is 1. The van der Waals surface area contributed by atoms with E-state index in [4.69, 9.17) is 0 Å². The Kier molecular flexibility index (Phi) is 4.29. The topological polar surface area (TPSA) is 53.6 Å². The minimum Gasteiger partial charge on any atom is -0.352 e. The van der Waals surface area contributed by atoms with Crippen LogP contribution in [0.25, 0.3) is 0 Å². The average molecular weight is 182 g/mol. The van der Waals surface area contributed by atoms with Crippen molar-refractivity contribution >= 4 is 5.95 Å². The molecule has 0 radical (unpaired) electrons. The van der Waals surface area contributed by atoms with Gasteiger partial charge in [0.2, 0.25) is 5.95 Å². The number of nitrogens with one attached hydrogen (secondary N) is 2. The quantitative estimate of drug-likeness (QED) is 0.663. The Bertz CT molecular complexity index is 207. The third kappa shape index (κ3) is 3.92. The molecule has 1 rings (SSSR count). The van der Waals surface area contributed by atoms with Gasteiger partial charge in [-0.2, -0.15) is 0 Å². The van der Waals surface area contributed by atoms with Gasteiger partial charge in [0.25, 0.3) is 0 Å². The van der Waals surface area contributed by atoms with E-state index in [1.807, 2.05) is 0 Å². The molecular weight excluding hydrogens is 164 g/mol. The van der Waals surface area contributed by atoms with Gasteiger partial charge in [-0.25, -0.2) is 0 Å². The second kappa shape index (κ2) is 5.56. The summed E-state index contributed by atoms with van der Waals surface area (Å²) >= 11 is 0. The largest absolute Gasteiger partial charge is 0.352 e. The summed E-state index contributed by atoms with van der Waals surface area (Å²) in [7, 11) is 0. The van der Waals surface area contributed by atoms with Crippen molar-refractivity contribution in [2.24, 2.45) is 0 Å². The summed E-state index contributed by atoms with van der Waals surface area (Å²) in [5, 5.41) is 10.8. The van der Waals surface area contributed by atoms with Crippen LogP contribution in [0.3, 0.4) is 0 Å². The molecule has 1 atom stereocenters. The zero-order chi connectivity index (χ0) is 9.52. The number of rotatable bonds is 6. The van der Waals surface area contributed by atoms with Crippen LogP contribution < -0.4 is 5.32 Å². The second-order valence-electron chi connectivity index (χ2n) is 3.38. The molecule has 13 heavy (non-hydrogen) atoms. The molecule has 0 aliphatic carbocycles. The Morgan fingerprint density at radius 1 is 1.54 bits per heavy atom. The maximum atomic E-state index is 3.87. The van der Waals surface area contributed by atoms with Gasteiger partial charge >= 0.3 is 0 Å². The molecule has 0 bridgehead atoms. The molecule has 0 fully saturated rings. The lowest BCUT2D eigenvalue weighted by Crippen LogP contribution is -2.15. The van der Waals surface area contributed by atoms with E-state index in [1.54, 1.807) is 6.33 Å². The van der Waals surface area contributed by atoms with Crippen LogP contribution in [0, 0.1) is 0 Å². The van der Waals surface area contributed by atoms with E-state index >= 15 is 0 Å². The molecule has 0 saturated heterocycles. The summed E-state index contributed by atoms with van der Waals surface area (Å²) < 4.78 is 0. The second-order valence-corrected chi connectivity index (χ2v) is 3.38. The molecule has 4 nitrogen and oxygen atoms in total. The van der Waals surface area contributed by atoms with E-state index in [-0.39, 0.29) is 0 Å². The van der Waals surface area contributed by atoms with E-state index in [9.17, 15) is 0 Å². The molecule has 1 unspecified atom stereocenters. The van der Waals surface area contributed by atoms with Crippen LogP contribution in [0.4, 0.5) is 5.95 Å². The van der Waals surface area contributed by atoms with Crippen molar-refractivity contribution in [2.45, 2.75) is 45.6 Å². The van der Waals surface area contributed by atoms with E-state index < -0.39 is 0 Å². The van der Waals surface area contributed by atoms with Crippen LogP contribution in [-0.4, -0.2) is 21.2 Å². The van der Waals surface area contributed by atoms with Crippen LogP contribution in [0.1, 0.15) is 39.5 Å². The van der Waals surface area contributed by atoms with Gasteiger partial charge in [-0.15, -0.1) is 10.2 Å². The molecule has 2 N–H and O–H groups in total. The number of hydrogen-bond donors (Lipinski definition) is 2. The van der Waals surface area contributed by atoms with Crippen molar-refractivity contribution < 1.29 is 0 Å². The first-order valence-corrected chi connectivity index (χ1v) is 4.95. The maximum absolute atomic E-state index is 3.87. The first-order chi connectivity index (χ1) is 6.33. The Balaban J connectivity index is 2.14. The number of unbranched alkanes of at least 4 members (excludes halogenated alkanes) is 2. The number of aromatic nitrogens is 3. The first kappa shape index (κ1) is 10.0. The lowest BCUT2D eigenvalue weighted by molar-refractivity contribution is 0.612. The monoisotopic (exact) mass is 182 g/mol. The number of aromatic amines is 1. The highest BCUT2D eigenvalue weighted by atomic mass is 15.3. The Labute approximate surface area is 79.2 Å². The third-order valence-corrected chi connectivity index (χ3v) is 2.04. The Morgan fingerprint density at radius 2 is 2.38 bits per heavy atom. The third-order valence-electron chi connectivity index (χ3n) is 2.04. The van der Waals surface area contributed by atoms with Crippen LogP contribution >= 0.6 is 0 Å². The average Bonchev–Trinajstić information content (AvgIpc) is 2.57. The zero-order valence-corrected chi connectivity index (χ0v) is 8.38. The Morgan fingerprint density at radius 3 is 3.00 bits per heavy atom. The van der Waals surface area contributed by atoms with Gasteiger partial charge in [-0.1, -0.05) is 26.2 Å². The molecule has 0 spiro atoms. The summed E-state index contributed by atoms with van der Waals surface area (Å²) in [6, 6.07) is 0.472. The zero-order valence-electron chi connectivity index (χ0n) is 8.38. The first-order valence-electron chi connectivity index (χ1n) is 4.95. The van der Waals surface area contributed by atoms with Crippen molar-refractivity contribution in [3.05, 3.63) is 6.33 Å². The summed E-state index contributed by atoms with van der Waals surface area (Å²) in [5.41, 5.74) is 0.